The van der Waals surface area contributed by atoms with Crippen LogP contribution >= 0.6 is 11.6 Å². The Balaban J connectivity index is 1.86. The standard InChI is InChI=1S/C16H15ClN2O4S/c17-14-9-5-4-8-13(14)16(21)19-18-15(20)10-11-24(22,23)12-6-2-1-3-7-12/h1-9H,10-11H2,(H,18,20)(H,19,21). The molecule has 126 valence electrons. The van der Waals surface area contributed by atoms with Gasteiger partial charge in [0.05, 0.1) is 21.2 Å². The molecule has 0 fully saturated rings. The van der Waals surface area contributed by atoms with Crippen LogP contribution in [0.2, 0.25) is 5.02 Å². The smallest absolute Gasteiger partial charge is 0.271 e. The number of hydrogen-bond donors (Lipinski definition) is 2. The van der Waals surface area contributed by atoms with Gasteiger partial charge in [-0.1, -0.05) is 41.9 Å². The molecule has 8 heteroatoms. The van der Waals surface area contributed by atoms with Crippen LogP contribution in [0.15, 0.2) is 59.5 Å². The van der Waals surface area contributed by atoms with Gasteiger partial charge in [-0.2, -0.15) is 0 Å². The number of carbonyl (C=O) groups excluding carboxylic acids is 2. The maximum atomic E-state index is 12.1. The molecule has 0 aliphatic carbocycles. The fourth-order valence-corrected chi connectivity index (χ4v) is 3.36. The zero-order valence-electron chi connectivity index (χ0n) is 12.5. The molecule has 0 unspecified atom stereocenters. The summed E-state index contributed by atoms with van der Waals surface area (Å²) in [6, 6.07) is 14.2. The minimum Gasteiger partial charge on any atom is -0.273 e. The van der Waals surface area contributed by atoms with E-state index in [2.05, 4.69) is 10.9 Å². The molecule has 2 aromatic rings. The molecule has 2 aromatic carbocycles. The van der Waals surface area contributed by atoms with Crippen molar-refractivity contribution in [3.05, 3.63) is 65.2 Å². The van der Waals surface area contributed by atoms with Gasteiger partial charge in [-0.05, 0) is 24.3 Å². The summed E-state index contributed by atoms with van der Waals surface area (Å²) in [4.78, 5) is 23.7. The second-order valence-electron chi connectivity index (χ2n) is 4.86. The van der Waals surface area contributed by atoms with Crippen LogP contribution in [0, 0.1) is 0 Å². The van der Waals surface area contributed by atoms with Crippen molar-refractivity contribution in [1.82, 2.24) is 10.9 Å². The fraction of sp³-hybridized carbons (Fsp3) is 0.125. The van der Waals surface area contributed by atoms with Gasteiger partial charge in [-0.25, -0.2) is 8.42 Å². The Labute approximate surface area is 144 Å². The Morgan fingerprint density at radius 3 is 2.21 bits per heavy atom. The predicted molar refractivity (Wildman–Crippen MR) is 90.2 cm³/mol. The quantitative estimate of drug-likeness (QED) is 0.791. The lowest BCUT2D eigenvalue weighted by Gasteiger charge is -2.08. The summed E-state index contributed by atoms with van der Waals surface area (Å²) in [5, 5.41) is 0.246. The van der Waals surface area contributed by atoms with Crippen LogP contribution in [0.1, 0.15) is 16.8 Å². The maximum Gasteiger partial charge on any atom is 0.271 e. The molecule has 0 bridgehead atoms. The highest BCUT2D eigenvalue weighted by Gasteiger charge is 2.16. The monoisotopic (exact) mass is 366 g/mol. The fourth-order valence-electron chi connectivity index (χ4n) is 1.87. The van der Waals surface area contributed by atoms with E-state index in [1.165, 1.54) is 18.2 Å². The number of halogens is 1. The van der Waals surface area contributed by atoms with Crippen molar-refractivity contribution in [2.75, 3.05) is 5.75 Å². The largest absolute Gasteiger partial charge is 0.273 e. The minimum absolute atomic E-state index is 0.151. The molecule has 2 rings (SSSR count). The molecule has 0 saturated heterocycles. The van der Waals surface area contributed by atoms with Crippen molar-refractivity contribution in [3.63, 3.8) is 0 Å². The number of nitrogens with one attached hydrogen (secondary N) is 2. The van der Waals surface area contributed by atoms with Gasteiger partial charge < -0.3 is 0 Å². The van der Waals surface area contributed by atoms with Gasteiger partial charge in [0.15, 0.2) is 9.84 Å². The van der Waals surface area contributed by atoms with E-state index in [9.17, 15) is 18.0 Å². The molecule has 0 aliphatic heterocycles. The summed E-state index contributed by atoms with van der Waals surface area (Å²) in [6.45, 7) is 0. The van der Waals surface area contributed by atoms with Crippen molar-refractivity contribution in [2.45, 2.75) is 11.3 Å². The van der Waals surface area contributed by atoms with Gasteiger partial charge in [-0.3, -0.25) is 20.4 Å². The first-order valence-electron chi connectivity index (χ1n) is 7.01. The average molecular weight is 367 g/mol. The van der Waals surface area contributed by atoms with E-state index in [0.29, 0.717) is 0 Å². The SMILES string of the molecule is O=C(CCS(=O)(=O)c1ccccc1)NNC(=O)c1ccccc1Cl. The van der Waals surface area contributed by atoms with Crippen LogP contribution in [-0.2, 0) is 14.6 Å². The lowest BCUT2D eigenvalue weighted by molar-refractivity contribution is -0.121. The number of amides is 2. The Kier molecular flexibility index (Phi) is 5.94. The normalized spacial score (nSPS) is 10.9. The van der Waals surface area contributed by atoms with Crippen LogP contribution in [-0.4, -0.2) is 26.0 Å². The van der Waals surface area contributed by atoms with Crippen LogP contribution in [0.5, 0.6) is 0 Å². The summed E-state index contributed by atoms with van der Waals surface area (Å²) in [7, 11) is -3.55. The number of sulfone groups is 1. The van der Waals surface area contributed by atoms with E-state index >= 15 is 0 Å². The van der Waals surface area contributed by atoms with Gasteiger partial charge in [0.1, 0.15) is 0 Å². The molecular formula is C16H15ClN2O4S. The Bertz CT molecular complexity index is 838. The summed E-state index contributed by atoms with van der Waals surface area (Å²) >= 11 is 5.87. The minimum atomic E-state index is -3.55. The molecule has 6 nitrogen and oxygen atoms in total. The third kappa shape index (κ3) is 4.81. The maximum absolute atomic E-state index is 12.1. The highest BCUT2D eigenvalue weighted by molar-refractivity contribution is 7.91. The second-order valence-corrected chi connectivity index (χ2v) is 7.38. The van der Waals surface area contributed by atoms with Crippen molar-refractivity contribution >= 4 is 33.3 Å². The molecule has 0 heterocycles. The molecule has 0 aromatic heterocycles. The molecule has 2 amide bonds. The second kappa shape index (κ2) is 7.94. The van der Waals surface area contributed by atoms with Gasteiger partial charge in [-0.15, -0.1) is 0 Å². The van der Waals surface area contributed by atoms with Gasteiger partial charge in [0.2, 0.25) is 5.91 Å². The highest BCUT2D eigenvalue weighted by Crippen LogP contribution is 2.14. The summed E-state index contributed by atoms with van der Waals surface area (Å²) < 4.78 is 24.1. The molecule has 0 spiro atoms. The molecule has 24 heavy (non-hydrogen) atoms. The predicted octanol–water partition coefficient (Wildman–Crippen LogP) is 1.96. The van der Waals surface area contributed by atoms with E-state index < -0.39 is 21.7 Å². The topological polar surface area (TPSA) is 92.3 Å². The summed E-state index contributed by atoms with van der Waals surface area (Å²) in [5.41, 5.74) is 4.57. The summed E-state index contributed by atoms with van der Waals surface area (Å²) in [5.74, 6) is -1.56. The van der Waals surface area contributed by atoms with Crippen LogP contribution < -0.4 is 10.9 Å². The van der Waals surface area contributed by atoms with Gasteiger partial charge in [0.25, 0.3) is 5.91 Å². The zero-order chi connectivity index (χ0) is 17.6. The van der Waals surface area contributed by atoms with Gasteiger partial charge >= 0.3 is 0 Å². The average Bonchev–Trinajstić information content (AvgIpc) is 2.59. The van der Waals surface area contributed by atoms with Crippen molar-refractivity contribution in [1.29, 1.82) is 0 Å². The Hall–Kier alpha value is -2.38. The van der Waals surface area contributed by atoms with E-state index in [-0.39, 0.29) is 27.7 Å². The van der Waals surface area contributed by atoms with E-state index in [0.717, 1.165) is 0 Å². The van der Waals surface area contributed by atoms with E-state index in [1.54, 1.807) is 36.4 Å². The highest BCUT2D eigenvalue weighted by atomic mass is 35.5. The Morgan fingerprint density at radius 1 is 0.917 bits per heavy atom. The zero-order valence-corrected chi connectivity index (χ0v) is 14.1. The van der Waals surface area contributed by atoms with Crippen LogP contribution in [0.25, 0.3) is 0 Å². The number of hydrogen-bond acceptors (Lipinski definition) is 4. The van der Waals surface area contributed by atoms with Crippen molar-refractivity contribution in [3.8, 4) is 0 Å². The van der Waals surface area contributed by atoms with E-state index in [1.807, 2.05) is 0 Å². The first kappa shape index (κ1) is 18.0. The van der Waals surface area contributed by atoms with Gasteiger partial charge in [0, 0.05) is 6.42 Å². The molecule has 0 aliphatic rings. The molecule has 0 radical (unpaired) electrons. The van der Waals surface area contributed by atoms with Crippen LogP contribution in [0.4, 0.5) is 0 Å². The number of carbonyl (C=O) groups is 2. The number of hydrazine groups is 1. The summed E-state index contributed by atoms with van der Waals surface area (Å²) in [6.07, 6.45) is -0.278. The molecule has 0 atom stereocenters. The molecule has 2 N–H and O–H groups in total. The first-order chi connectivity index (χ1) is 11.4. The third-order valence-electron chi connectivity index (χ3n) is 3.13. The number of rotatable bonds is 5. The molecule has 0 saturated carbocycles. The van der Waals surface area contributed by atoms with Crippen molar-refractivity contribution < 1.29 is 18.0 Å². The molecular weight excluding hydrogens is 352 g/mol. The van der Waals surface area contributed by atoms with E-state index in [4.69, 9.17) is 11.6 Å². The van der Waals surface area contributed by atoms with Crippen molar-refractivity contribution in [2.24, 2.45) is 0 Å². The lowest BCUT2D eigenvalue weighted by Crippen LogP contribution is -2.42. The third-order valence-corrected chi connectivity index (χ3v) is 5.20. The Morgan fingerprint density at radius 2 is 1.54 bits per heavy atom. The lowest BCUT2D eigenvalue weighted by atomic mass is 10.2. The number of benzene rings is 2. The van der Waals surface area contributed by atoms with Crippen LogP contribution in [0.3, 0.4) is 0 Å². The first-order valence-corrected chi connectivity index (χ1v) is 9.05.